The summed E-state index contributed by atoms with van der Waals surface area (Å²) in [5, 5.41) is 2.89. The summed E-state index contributed by atoms with van der Waals surface area (Å²) < 4.78 is 0. The zero-order valence-electron chi connectivity index (χ0n) is 7.02. The lowest BCUT2D eigenvalue weighted by Crippen LogP contribution is -2.29. The molecule has 2 nitrogen and oxygen atoms in total. The maximum atomic E-state index is 11.3. The molecule has 0 radical (unpaired) electrons. The average Bonchev–Trinajstić information content (AvgIpc) is 2.60. The van der Waals surface area contributed by atoms with Gasteiger partial charge in [0.2, 0.25) is 5.91 Å². The van der Waals surface area contributed by atoms with Crippen LogP contribution in [0, 0.1) is 11.3 Å². The van der Waals surface area contributed by atoms with Crippen LogP contribution in [-0.2, 0) is 4.79 Å². The number of amides is 1. The molecule has 1 atom stereocenters. The number of carbonyl (C=O) groups is 1. The van der Waals surface area contributed by atoms with E-state index in [1.165, 1.54) is 25.7 Å². The normalized spacial score (nSPS) is 31.2. The van der Waals surface area contributed by atoms with Crippen molar-refractivity contribution in [3.8, 4) is 0 Å². The van der Waals surface area contributed by atoms with Crippen LogP contribution in [-0.4, -0.2) is 12.5 Å². The lowest BCUT2D eigenvalue weighted by atomic mass is 9.80. The Labute approximate surface area is 67.4 Å². The molecule has 1 spiro atoms. The Kier molecular flexibility index (Phi) is 1.44. The van der Waals surface area contributed by atoms with Crippen LogP contribution in [0.2, 0.25) is 0 Å². The molecule has 2 fully saturated rings. The molecule has 0 heterocycles. The molecule has 0 saturated heterocycles. The maximum Gasteiger partial charge on any atom is 0.223 e. The number of hydrogen-bond acceptors (Lipinski definition) is 1. The lowest BCUT2D eigenvalue weighted by Gasteiger charge is -2.26. The SMILES string of the molecule is CCNC(=O)C1CC12CCC2. The van der Waals surface area contributed by atoms with Gasteiger partial charge in [0.25, 0.3) is 0 Å². The van der Waals surface area contributed by atoms with Crippen LogP contribution in [0.25, 0.3) is 0 Å². The minimum Gasteiger partial charge on any atom is -0.356 e. The van der Waals surface area contributed by atoms with Crippen molar-refractivity contribution < 1.29 is 4.79 Å². The Balaban J connectivity index is 1.85. The topological polar surface area (TPSA) is 29.1 Å². The van der Waals surface area contributed by atoms with Gasteiger partial charge in [-0.05, 0) is 31.6 Å². The fourth-order valence-electron chi connectivity index (χ4n) is 2.20. The highest BCUT2D eigenvalue weighted by Gasteiger charge is 2.60. The van der Waals surface area contributed by atoms with E-state index in [1.54, 1.807) is 0 Å². The number of nitrogens with one attached hydrogen (secondary N) is 1. The van der Waals surface area contributed by atoms with Gasteiger partial charge in [-0.15, -0.1) is 0 Å². The zero-order valence-corrected chi connectivity index (χ0v) is 7.02. The Morgan fingerprint density at radius 3 is 2.73 bits per heavy atom. The molecule has 0 aromatic heterocycles. The first-order chi connectivity index (χ1) is 5.28. The summed E-state index contributed by atoms with van der Waals surface area (Å²) in [6, 6.07) is 0. The molecule has 0 aliphatic heterocycles. The van der Waals surface area contributed by atoms with Gasteiger partial charge >= 0.3 is 0 Å². The van der Waals surface area contributed by atoms with Crippen molar-refractivity contribution in [1.29, 1.82) is 0 Å². The smallest absolute Gasteiger partial charge is 0.223 e. The molecular formula is C9H15NO. The van der Waals surface area contributed by atoms with E-state index in [0.29, 0.717) is 17.2 Å². The number of carbonyl (C=O) groups excluding carboxylic acids is 1. The van der Waals surface area contributed by atoms with E-state index in [4.69, 9.17) is 0 Å². The van der Waals surface area contributed by atoms with Crippen molar-refractivity contribution in [3.05, 3.63) is 0 Å². The fraction of sp³-hybridized carbons (Fsp3) is 0.889. The summed E-state index contributed by atoms with van der Waals surface area (Å²) in [5.74, 6) is 0.684. The molecule has 0 aromatic rings. The van der Waals surface area contributed by atoms with Gasteiger partial charge in [0.15, 0.2) is 0 Å². The minimum atomic E-state index is 0.298. The van der Waals surface area contributed by atoms with Crippen molar-refractivity contribution in [3.63, 3.8) is 0 Å². The van der Waals surface area contributed by atoms with Gasteiger partial charge in [-0.1, -0.05) is 6.42 Å². The van der Waals surface area contributed by atoms with Crippen LogP contribution < -0.4 is 5.32 Å². The lowest BCUT2D eigenvalue weighted by molar-refractivity contribution is -0.123. The highest BCUT2D eigenvalue weighted by Crippen LogP contribution is 2.65. The first-order valence-corrected chi connectivity index (χ1v) is 4.56. The standard InChI is InChI=1S/C9H15NO/c1-2-10-8(11)7-6-9(7)4-3-5-9/h7H,2-6H2,1H3,(H,10,11). The van der Waals surface area contributed by atoms with Crippen molar-refractivity contribution in [1.82, 2.24) is 5.32 Å². The predicted octanol–water partition coefficient (Wildman–Crippen LogP) is 1.31. The van der Waals surface area contributed by atoms with Crippen LogP contribution in [0.5, 0.6) is 0 Å². The summed E-state index contributed by atoms with van der Waals surface area (Å²) in [5.41, 5.74) is 0.499. The third-order valence-corrected chi connectivity index (χ3v) is 3.21. The van der Waals surface area contributed by atoms with Gasteiger partial charge in [-0.25, -0.2) is 0 Å². The summed E-state index contributed by atoms with van der Waals surface area (Å²) >= 11 is 0. The molecule has 0 bridgehead atoms. The second kappa shape index (κ2) is 2.23. The van der Waals surface area contributed by atoms with E-state index in [2.05, 4.69) is 5.32 Å². The van der Waals surface area contributed by atoms with E-state index in [-0.39, 0.29) is 0 Å². The summed E-state index contributed by atoms with van der Waals surface area (Å²) in [6.45, 7) is 2.76. The van der Waals surface area contributed by atoms with E-state index >= 15 is 0 Å². The van der Waals surface area contributed by atoms with Gasteiger partial charge in [-0.2, -0.15) is 0 Å². The van der Waals surface area contributed by atoms with Crippen molar-refractivity contribution in [2.75, 3.05) is 6.54 Å². The van der Waals surface area contributed by atoms with Crippen molar-refractivity contribution in [2.24, 2.45) is 11.3 Å². The number of rotatable bonds is 2. The Bertz CT molecular complexity index is 184. The predicted molar refractivity (Wildman–Crippen MR) is 43.1 cm³/mol. The zero-order chi connectivity index (χ0) is 7.90. The van der Waals surface area contributed by atoms with Gasteiger partial charge in [-0.3, -0.25) is 4.79 Å². The molecule has 11 heavy (non-hydrogen) atoms. The Hall–Kier alpha value is -0.530. The summed E-state index contributed by atoms with van der Waals surface area (Å²) in [7, 11) is 0. The first-order valence-electron chi connectivity index (χ1n) is 4.56. The second-order valence-corrected chi connectivity index (χ2v) is 3.87. The van der Waals surface area contributed by atoms with Gasteiger partial charge in [0, 0.05) is 12.5 Å². The van der Waals surface area contributed by atoms with Gasteiger partial charge in [0.1, 0.15) is 0 Å². The van der Waals surface area contributed by atoms with Crippen LogP contribution in [0.3, 0.4) is 0 Å². The highest BCUT2D eigenvalue weighted by molar-refractivity contribution is 5.82. The van der Waals surface area contributed by atoms with E-state index in [0.717, 1.165) is 6.54 Å². The fourth-order valence-corrected chi connectivity index (χ4v) is 2.20. The molecule has 0 aromatic carbocycles. The largest absolute Gasteiger partial charge is 0.356 e. The molecule has 2 aliphatic rings. The number of hydrogen-bond donors (Lipinski definition) is 1. The van der Waals surface area contributed by atoms with Gasteiger partial charge < -0.3 is 5.32 Å². The quantitative estimate of drug-likeness (QED) is 0.636. The van der Waals surface area contributed by atoms with Crippen molar-refractivity contribution in [2.45, 2.75) is 32.6 Å². The van der Waals surface area contributed by atoms with Crippen LogP contribution in [0.15, 0.2) is 0 Å². The average molecular weight is 153 g/mol. The second-order valence-electron chi connectivity index (χ2n) is 3.87. The molecular weight excluding hydrogens is 138 g/mol. The first kappa shape index (κ1) is 7.14. The molecule has 1 amide bonds. The van der Waals surface area contributed by atoms with E-state index < -0.39 is 0 Å². The molecule has 62 valence electrons. The third-order valence-electron chi connectivity index (χ3n) is 3.21. The molecule has 2 saturated carbocycles. The highest BCUT2D eigenvalue weighted by atomic mass is 16.2. The van der Waals surface area contributed by atoms with Crippen LogP contribution in [0.1, 0.15) is 32.6 Å². The molecule has 1 N–H and O–H groups in total. The summed E-state index contributed by atoms with van der Waals surface area (Å²) in [6.07, 6.45) is 5.11. The van der Waals surface area contributed by atoms with Crippen LogP contribution >= 0.6 is 0 Å². The molecule has 1 unspecified atom stereocenters. The van der Waals surface area contributed by atoms with Gasteiger partial charge in [0.05, 0.1) is 0 Å². The minimum absolute atomic E-state index is 0.298. The molecule has 2 heteroatoms. The van der Waals surface area contributed by atoms with Crippen LogP contribution in [0.4, 0.5) is 0 Å². The summed E-state index contributed by atoms with van der Waals surface area (Å²) in [4.78, 5) is 11.3. The Morgan fingerprint density at radius 1 is 1.64 bits per heavy atom. The molecule has 2 rings (SSSR count). The third kappa shape index (κ3) is 0.959. The Morgan fingerprint density at radius 2 is 2.36 bits per heavy atom. The maximum absolute atomic E-state index is 11.3. The van der Waals surface area contributed by atoms with Crippen molar-refractivity contribution >= 4 is 5.91 Å². The van der Waals surface area contributed by atoms with E-state index in [1.807, 2.05) is 6.92 Å². The molecule has 2 aliphatic carbocycles. The monoisotopic (exact) mass is 153 g/mol. The van der Waals surface area contributed by atoms with E-state index in [9.17, 15) is 4.79 Å².